The minimum Gasteiger partial charge on any atom is -0.494 e. The molecular weight excluding hydrogens is 390 g/mol. The maximum atomic E-state index is 12.3. The van der Waals surface area contributed by atoms with Crippen LogP contribution in [0.1, 0.15) is 60.5 Å². The highest BCUT2D eigenvalue weighted by molar-refractivity contribution is 5.68. The van der Waals surface area contributed by atoms with Crippen LogP contribution < -0.4 is 4.74 Å². The summed E-state index contributed by atoms with van der Waals surface area (Å²) in [6.45, 7) is 22.1. The van der Waals surface area contributed by atoms with Crippen LogP contribution in [-0.4, -0.2) is 78.8 Å². The van der Waals surface area contributed by atoms with Gasteiger partial charge >= 0.3 is 6.09 Å². The van der Waals surface area contributed by atoms with E-state index in [1.54, 1.807) is 4.90 Å². The Morgan fingerprint density at radius 3 is 1.97 bits per heavy atom. The molecule has 1 rings (SSSR count). The van der Waals surface area contributed by atoms with E-state index in [1.165, 1.54) is 5.56 Å². The van der Waals surface area contributed by atoms with Crippen molar-refractivity contribution in [2.75, 3.05) is 52.4 Å². The number of hydrogen-bond donors (Lipinski definition) is 0. The SMILES string of the molecule is CCN(CC)CCCOc1ccc(CN(CC)CCN(CC)C(=O)OC(C)(C)C)cc1. The zero-order valence-corrected chi connectivity index (χ0v) is 20.9. The number of benzene rings is 1. The fraction of sp³-hybridized carbons (Fsp3) is 0.720. The molecule has 1 amide bonds. The lowest BCUT2D eigenvalue weighted by Gasteiger charge is -2.29. The number of likely N-dealkylation sites (N-methyl/N-ethyl adjacent to an activating group) is 2. The molecule has 0 bridgehead atoms. The molecule has 1 aromatic rings. The van der Waals surface area contributed by atoms with Crippen LogP contribution in [0.5, 0.6) is 5.75 Å². The van der Waals surface area contributed by atoms with Crippen molar-refractivity contribution < 1.29 is 14.3 Å². The zero-order valence-electron chi connectivity index (χ0n) is 20.9. The highest BCUT2D eigenvalue weighted by Crippen LogP contribution is 2.15. The van der Waals surface area contributed by atoms with Gasteiger partial charge in [-0.2, -0.15) is 0 Å². The molecule has 0 aliphatic carbocycles. The van der Waals surface area contributed by atoms with Crippen LogP contribution in [0.2, 0.25) is 0 Å². The molecule has 1 aromatic carbocycles. The summed E-state index contributed by atoms with van der Waals surface area (Å²) in [5.41, 5.74) is 0.780. The van der Waals surface area contributed by atoms with Gasteiger partial charge in [0.1, 0.15) is 11.4 Å². The highest BCUT2D eigenvalue weighted by atomic mass is 16.6. The molecule has 6 heteroatoms. The summed E-state index contributed by atoms with van der Waals surface area (Å²) in [6, 6.07) is 8.38. The summed E-state index contributed by atoms with van der Waals surface area (Å²) < 4.78 is 11.4. The van der Waals surface area contributed by atoms with E-state index in [0.717, 1.165) is 58.0 Å². The van der Waals surface area contributed by atoms with E-state index in [0.29, 0.717) is 13.1 Å². The van der Waals surface area contributed by atoms with Crippen LogP contribution in [0.4, 0.5) is 4.79 Å². The van der Waals surface area contributed by atoms with E-state index >= 15 is 0 Å². The fourth-order valence-electron chi connectivity index (χ4n) is 3.28. The second-order valence-corrected chi connectivity index (χ2v) is 8.80. The van der Waals surface area contributed by atoms with Gasteiger partial charge < -0.3 is 19.3 Å². The number of carbonyl (C=O) groups excluding carboxylic acids is 1. The van der Waals surface area contributed by atoms with E-state index in [1.807, 2.05) is 27.7 Å². The second kappa shape index (κ2) is 14.3. The number of ether oxygens (including phenoxy) is 2. The molecule has 0 unspecified atom stereocenters. The molecule has 0 saturated heterocycles. The molecule has 0 saturated carbocycles. The first kappa shape index (κ1) is 27.2. The van der Waals surface area contributed by atoms with Crippen molar-refractivity contribution in [3.63, 3.8) is 0 Å². The third kappa shape index (κ3) is 11.4. The minimum absolute atomic E-state index is 0.242. The zero-order chi connectivity index (χ0) is 23.3. The molecule has 178 valence electrons. The summed E-state index contributed by atoms with van der Waals surface area (Å²) >= 11 is 0. The first-order valence-electron chi connectivity index (χ1n) is 11.9. The Bertz CT molecular complexity index is 609. The molecule has 0 radical (unpaired) electrons. The van der Waals surface area contributed by atoms with Crippen LogP contribution in [0.25, 0.3) is 0 Å². The summed E-state index contributed by atoms with van der Waals surface area (Å²) in [6.07, 6.45) is 0.798. The van der Waals surface area contributed by atoms with Gasteiger partial charge in [-0.1, -0.05) is 32.9 Å². The number of hydrogen-bond acceptors (Lipinski definition) is 5. The molecule has 0 spiro atoms. The first-order valence-corrected chi connectivity index (χ1v) is 11.9. The van der Waals surface area contributed by atoms with Gasteiger partial charge in [-0.3, -0.25) is 4.90 Å². The predicted molar refractivity (Wildman–Crippen MR) is 129 cm³/mol. The molecule has 6 nitrogen and oxygen atoms in total. The van der Waals surface area contributed by atoms with E-state index in [4.69, 9.17) is 9.47 Å². The summed E-state index contributed by atoms with van der Waals surface area (Å²) in [5, 5.41) is 0. The fourth-order valence-corrected chi connectivity index (χ4v) is 3.28. The van der Waals surface area contributed by atoms with E-state index in [9.17, 15) is 4.79 Å². The van der Waals surface area contributed by atoms with Crippen molar-refractivity contribution >= 4 is 6.09 Å². The van der Waals surface area contributed by atoms with Gasteiger partial charge in [0.2, 0.25) is 0 Å². The third-order valence-electron chi connectivity index (χ3n) is 5.28. The van der Waals surface area contributed by atoms with Crippen LogP contribution >= 0.6 is 0 Å². The molecule has 0 fully saturated rings. The summed E-state index contributed by atoms with van der Waals surface area (Å²) in [4.78, 5) is 18.9. The van der Waals surface area contributed by atoms with Gasteiger partial charge in [-0.25, -0.2) is 4.79 Å². The van der Waals surface area contributed by atoms with Crippen LogP contribution in [0.3, 0.4) is 0 Å². The standard InChI is InChI=1S/C25H45N3O3/c1-8-26(9-2)17-12-20-30-23-15-13-22(14-16-23)21-27(10-3)18-19-28(11-4)24(29)31-25(5,6)7/h13-16H,8-12,17-21H2,1-7H3. The molecular formula is C25H45N3O3. The van der Waals surface area contributed by atoms with Crippen molar-refractivity contribution in [1.82, 2.24) is 14.7 Å². The Morgan fingerprint density at radius 1 is 0.839 bits per heavy atom. The first-order chi connectivity index (χ1) is 14.7. The van der Waals surface area contributed by atoms with Gasteiger partial charge in [0.15, 0.2) is 0 Å². The lowest BCUT2D eigenvalue weighted by atomic mass is 10.2. The van der Waals surface area contributed by atoms with Gasteiger partial charge in [-0.05, 0) is 71.4 Å². The number of nitrogens with zero attached hydrogens (tertiary/aromatic N) is 3. The van der Waals surface area contributed by atoms with Gasteiger partial charge in [0.25, 0.3) is 0 Å². The van der Waals surface area contributed by atoms with Crippen LogP contribution in [-0.2, 0) is 11.3 Å². The minimum atomic E-state index is -0.468. The summed E-state index contributed by atoms with van der Waals surface area (Å²) in [7, 11) is 0. The van der Waals surface area contributed by atoms with Crippen LogP contribution in [0, 0.1) is 0 Å². The van der Waals surface area contributed by atoms with Crippen molar-refractivity contribution in [2.24, 2.45) is 0 Å². The number of carbonyl (C=O) groups is 1. The van der Waals surface area contributed by atoms with Gasteiger partial charge in [0, 0.05) is 32.7 Å². The molecule has 0 aromatic heterocycles. The Kier molecular flexibility index (Phi) is 12.6. The van der Waals surface area contributed by atoms with Crippen LogP contribution in [0.15, 0.2) is 24.3 Å². The molecule has 0 aliphatic heterocycles. The van der Waals surface area contributed by atoms with Gasteiger partial charge in [-0.15, -0.1) is 0 Å². The Labute approximate surface area is 190 Å². The van der Waals surface area contributed by atoms with Crippen molar-refractivity contribution in [1.29, 1.82) is 0 Å². The largest absolute Gasteiger partial charge is 0.494 e. The number of rotatable bonds is 14. The topological polar surface area (TPSA) is 45.2 Å². The molecule has 31 heavy (non-hydrogen) atoms. The molecule has 0 N–H and O–H groups in total. The van der Waals surface area contributed by atoms with E-state index in [-0.39, 0.29) is 6.09 Å². The molecule has 0 aliphatic rings. The lowest BCUT2D eigenvalue weighted by Crippen LogP contribution is -2.41. The monoisotopic (exact) mass is 435 g/mol. The third-order valence-corrected chi connectivity index (χ3v) is 5.28. The number of amides is 1. The van der Waals surface area contributed by atoms with Crippen molar-refractivity contribution in [2.45, 2.75) is 67.0 Å². The Hall–Kier alpha value is -1.79. The smallest absolute Gasteiger partial charge is 0.410 e. The van der Waals surface area contributed by atoms with Crippen molar-refractivity contribution in [3.8, 4) is 5.75 Å². The Morgan fingerprint density at radius 2 is 1.45 bits per heavy atom. The maximum Gasteiger partial charge on any atom is 0.410 e. The van der Waals surface area contributed by atoms with E-state index < -0.39 is 5.60 Å². The maximum absolute atomic E-state index is 12.3. The molecule has 0 atom stereocenters. The average molecular weight is 436 g/mol. The normalized spacial score (nSPS) is 11.8. The van der Waals surface area contributed by atoms with Gasteiger partial charge in [0.05, 0.1) is 6.61 Å². The second-order valence-electron chi connectivity index (χ2n) is 8.80. The Balaban J connectivity index is 2.46. The quantitative estimate of drug-likeness (QED) is 0.390. The predicted octanol–water partition coefficient (Wildman–Crippen LogP) is 4.88. The lowest BCUT2D eigenvalue weighted by molar-refractivity contribution is 0.0242. The average Bonchev–Trinajstić information content (AvgIpc) is 2.73. The van der Waals surface area contributed by atoms with E-state index in [2.05, 4.69) is 54.8 Å². The van der Waals surface area contributed by atoms with Crippen molar-refractivity contribution in [3.05, 3.63) is 29.8 Å². The molecule has 0 heterocycles. The highest BCUT2D eigenvalue weighted by Gasteiger charge is 2.21. The summed E-state index contributed by atoms with van der Waals surface area (Å²) in [5.74, 6) is 0.924.